The molecule has 0 radical (unpaired) electrons. The summed E-state index contributed by atoms with van der Waals surface area (Å²) in [5, 5.41) is 12.2. The number of nitrogens with one attached hydrogen (secondary N) is 4. The predicted molar refractivity (Wildman–Crippen MR) is 184 cm³/mol. The molecule has 47 heavy (non-hydrogen) atoms. The van der Waals surface area contributed by atoms with E-state index in [0.717, 1.165) is 34.5 Å². The van der Waals surface area contributed by atoms with Crippen LogP contribution in [0.25, 0.3) is 0 Å². The van der Waals surface area contributed by atoms with Crippen molar-refractivity contribution in [2.45, 2.75) is 50.7 Å². The smallest absolute Gasteiger partial charge is 0.251 e. The molecule has 0 bridgehead atoms. The number of hydrogen-bond donors (Lipinski definition) is 4. The average Bonchev–Trinajstić information content (AvgIpc) is 3.90. The summed E-state index contributed by atoms with van der Waals surface area (Å²) in [6.45, 7) is 2.69. The van der Waals surface area contributed by atoms with Crippen LogP contribution in [0, 0.1) is 18.3 Å². The fourth-order valence-electron chi connectivity index (χ4n) is 5.04. The summed E-state index contributed by atoms with van der Waals surface area (Å²) >= 11 is 0. The molecule has 0 aromatic heterocycles. The number of nitrogens with zero attached hydrogens (tertiary/aromatic N) is 1. The van der Waals surface area contributed by atoms with Gasteiger partial charge in [-0.05, 0) is 61.4 Å². The summed E-state index contributed by atoms with van der Waals surface area (Å²) < 4.78 is 25.9. The van der Waals surface area contributed by atoms with E-state index in [9.17, 15) is 22.8 Å². The van der Waals surface area contributed by atoms with Crippen LogP contribution in [0.3, 0.4) is 0 Å². The Bertz CT molecular complexity index is 1690. The van der Waals surface area contributed by atoms with Gasteiger partial charge in [-0.3, -0.25) is 18.7 Å². The van der Waals surface area contributed by atoms with Gasteiger partial charge in [0.05, 0.1) is 24.0 Å². The minimum Gasteiger partial charge on any atom is -0.354 e. The highest BCUT2D eigenvalue weighted by Gasteiger charge is 2.26. The maximum Gasteiger partial charge on any atom is 0.251 e. The number of anilines is 1. The van der Waals surface area contributed by atoms with E-state index < -0.39 is 33.9 Å². The highest BCUT2D eigenvalue weighted by Crippen LogP contribution is 2.27. The van der Waals surface area contributed by atoms with Gasteiger partial charge in [-0.1, -0.05) is 60.7 Å². The molecule has 11 heteroatoms. The molecular formula is C36H43N5O5S. The van der Waals surface area contributed by atoms with Crippen molar-refractivity contribution in [1.82, 2.24) is 21.3 Å². The molecule has 3 aromatic rings. The molecule has 1 aliphatic rings. The largest absolute Gasteiger partial charge is 0.354 e. The number of carbonyl (C=O) groups excluding carboxylic acids is 3. The number of carbonyl (C=O) groups is 3. The van der Waals surface area contributed by atoms with Crippen LogP contribution in [-0.4, -0.2) is 64.6 Å². The van der Waals surface area contributed by atoms with E-state index in [0.29, 0.717) is 18.9 Å². The van der Waals surface area contributed by atoms with E-state index in [1.165, 1.54) is 25.2 Å². The first-order chi connectivity index (χ1) is 22.4. The molecule has 1 aliphatic carbocycles. The molecular weight excluding hydrogens is 614 g/mol. The molecule has 4 rings (SSSR count). The van der Waals surface area contributed by atoms with Crippen molar-refractivity contribution < 1.29 is 22.8 Å². The van der Waals surface area contributed by atoms with Crippen molar-refractivity contribution in [2.24, 2.45) is 5.92 Å². The van der Waals surface area contributed by atoms with Gasteiger partial charge in [-0.25, -0.2) is 8.42 Å². The first-order valence-electron chi connectivity index (χ1n) is 15.7. The predicted octanol–water partition coefficient (Wildman–Crippen LogP) is 3.42. The lowest BCUT2D eigenvalue weighted by Gasteiger charge is -2.24. The lowest BCUT2D eigenvalue weighted by molar-refractivity contribution is -0.123. The number of amides is 3. The van der Waals surface area contributed by atoms with E-state index in [1.54, 1.807) is 0 Å². The lowest BCUT2D eigenvalue weighted by atomic mass is 10.0. The van der Waals surface area contributed by atoms with Gasteiger partial charge in [0.15, 0.2) is 0 Å². The lowest BCUT2D eigenvalue weighted by Crippen LogP contribution is -2.50. The zero-order valence-corrected chi connectivity index (χ0v) is 27.8. The van der Waals surface area contributed by atoms with E-state index in [-0.39, 0.29) is 41.7 Å². The molecule has 3 atom stereocenters. The molecule has 10 nitrogen and oxygen atoms in total. The van der Waals surface area contributed by atoms with Crippen molar-refractivity contribution >= 4 is 33.4 Å². The Hall–Kier alpha value is -4.66. The van der Waals surface area contributed by atoms with Crippen LogP contribution in [0.4, 0.5) is 5.69 Å². The van der Waals surface area contributed by atoms with Crippen LogP contribution in [-0.2, 0) is 21.2 Å². The number of benzene rings is 3. The quantitative estimate of drug-likeness (QED) is 0.174. The van der Waals surface area contributed by atoms with Crippen molar-refractivity contribution in [2.75, 3.05) is 30.7 Å². The van der Waals surface area contributed by atoms with E-state index >= 15 is 0 Å². The summed E-state index contributed by atoms with van der Waals surface area (Å²) in [6, 6.07) is 21.9. The topological polar surface area (TPSA) is 137 Å². The molecule has 248 valence electrons. The first-order valence-corrected chi connectivity index (χ1v) is 17.5. The molecule has 4 N–H and O–H groups in total. The van der Waals surface area contributed by atoms with Gasteiger partial charge in [-0.2, -0.15) is 0 Å². The Balaban J connectivity index is 1.58. The number of terminal acetylenes is 1. The SMILES string of the molecule is C#CC[C@H](NC[C@H](Cc1ccccc1)NC(=O)c1cc(C(=O)N[C@H](C)c2ccccc2)cc(N(C)S(C)(=O)=O)c1)C(=O)NCC1CC1. The number of sulfonamides is 1. The second-order valence-electron chi connectivity index (χ2n) is 12.0. The molecule has 0 unspecified atom stereocenters. The average molecular weight is 658 g/mol. The van der Waals surface area contributed by atoms with Crippen LogP contribution in [0.2, 0.25) is 0 Å². The highest BCUT2D eigenvalue weighted by atomic mass is 32.2. The maximum atomic E-state index is 13.8. The molecule has 0 spiro atoms. The zero-order valence-electron chi connectivity index (χ0n) is 27.0. The van der Waals surface area contributed by atoms with Gasteiger partial charge in [0.25, 0.3) is 11.8 Å². The van der Waals surface area contributed by atoms with E-state index in [1.807, 2.05) is 67.6 Å². The van der Waals surface area contributed by atoms with Crippen LogP contribution in [0.5, 0.6) is 0 Å². The van der Waals surface area contributed by atoms with E-state index in [4.69, 9.17) is 6.42 Å². The summed E-state index contributed by atoms with van der Waals surface area (Å²) in [7, 11) is -2.34. The third-order valence-electron chi connectivity index (χ3n) is 8.12. The van der Waals surface area contributed by atoms with Crippen LogP contribution in [0.1, 0.15) is 64.1 Å². The summed E-state index contributed by atoms with van der Waals surface area (Å²) in [6.07, 6.45) is 9.46. The Morgan fingerprint density at radius 1 is 0.936 bits per heavy atom. The number of rotatable bonds is 16. The van der Waals surface area contributed by atoms with Crippen LogP contribution in [0.15, 0.2) is 78.9 Å². The first kappa shape index (κ1) is 35.2. The second kappa shape index (κ2) is 16.3. The molecule has 3 amide bonds. The Morgan fingerprint density at radius 2 is 1.53 bits per heavy atom. The van der Waals surface area contributed by atoms with Gasteiger partial charge in [0, 0.05) is 43.7 Å². The minimum atomic E-state index is -3.70. The number of hydrogen-bond acceptors (Lipinski definition) is 6. The Labute approximate surface area is 277 Å². The standard InChI is InChI=1S/C36H43N5O5S/c1-5-12-33(36(44)38-23-27-17-18-27)37-24-31(19-26-13-8-6-9-14-26)40-35(43)30-20-29(21-32(22-30)41(3)47(4,45)46)34(42)39-25(2)28-15-10-7-11-16-28/h1,6-11,13-16,20-22,25,27,31,33,37H,12,17-19,23-24H2,2-4H3,(H,38,44)(H,39,42)(H,40,43)/t25-,31+,33+/m1/s1. The summed E-state index contributed by atoms with van der Waals surface area (Å²) in [5.41, 5.74) is 2.26. The monoisotopic (exact) mass is 657 g/mol. The van der Waals surface area contributed by atoms with Gasteiger partial charge < -0.3 is 21.3 Å². The van der Waals surface area contributed by atoms with Crippen molar-refractivity contribution in [3.8, 4) is 12.3 Å². The molecule has 0 heterocycles. The third-order valence-corrected chi connectivity index (χ3v) is 9.33. The van der Waals surface area contributed by atoms with E-state index in [2.05, 4.69) is 27.2 Å². The van der Waals surface area contributed by atoms with Crippen molar-refractivity contribution in [3.63, 3.8) is 0 Å². The molecule has 1 fully saturated rings. The summed E-state index contributed by atoms with van der Waals surface area (Å²) in [5.74, 6) is 1.92. The fourth-order valence-corrected chi connectivity index (χ4v) is 5.53. The van der Waals surface area contributed by atoms with Crippen LogP contribution < -0.4 is 25.6 Å². The minimum absolute atomic E-state index is 0.107. The normalized spacial score (nSPS) is 14.6. The fraction of sp³-hybridized carbons (Fsp3) is 0.361. The second-order valence-corrected chi connectivity index (χ2v) is 14.0. The van der Waals surface area contributed by atoms with Gasteiger partial charge in [0.2, 0.25) is 15.9 Å². The van der Waals surface area contributed by atoms with Gasteiger partial charge in [0.1, 0.15) is 0 Å². The Morgan fingerprint density at radius 3 is 2.11 bits per heavy atom. The van der Waals surface area contributed by atoms with Crippen molar-refractivity contribution in [1.29, 1.82) is 0 Å². The molecule has 0 aliphatic heterocycles. The Kier molecular flexibility index (Phi) is 12.2. The molecule has 1 saturated carbocycles. The van der Waals surface area contributed by atoms with Gasteiger partial charge in [-0.15, -0.1) is 12.3 Å². The third kappa shape index (κ3) is 10.7. The van der Waals surface area contributed by atoms with Crippen LogP contribution >= 0.6 is 0 Å². The van der Waals surface area contributed by atoms with Gasteiger partial charge >= 0.3 is 0 Å². The zero-order chi connectivity index (χ0) is 34.0. The molecule has 3 aromatic carbocycles. The van der Waals surface area contributed by atoms with Crippen molar-refractivity contribution in [3.05, 3.63) is 101 Å². The molecule has 0 saturated heterocycles. The maximum absolute atomic E-state index is 13.8. The highest BCUT2D eigenvalue weighted by molar-refractivity contribution is 7.92. The summed E-state index contributed by atoms with van der Waals surface area (Å²) in [4.78, 5) is 40.1.